The van der Waals surface area contributed by atoms with Crippen molar-refractivity contribution in [1.29, 1.82) is 0 Å². The van der Waals surface area contributed by atoms with Gasteiger partial charge in [0.2, 0.25) is 0 Å². The van der Waals surface area contributed by atoms with E-state index < -0.39 is 13.5 Å². The van der Waals surface area contributed by atoms with Gasteiger partial charge in [0.05, 0.1) is 6.51 Å². The van der Waals surface area contributed by atoms with Crippen LogP contribution in [0.5, 0.6) is 5.75 Å². The van der Waals surface area contributed by atoms with Crippen LogP contribution in [0.3, 0.4) is 0 Å². The average Bonchev–Trinajstić information content (AvgIpc) is 2.00. The van der Waals surface area contributed by atoms with Gasteiger partial charge < -0.3 is 17.7 Å². The summed E-state index contributed by atoms with van der Waals surface area (Å²) in [5.74, 6) is 0.256. The van der Waals surface area contributed by atoms with Crippen LogP contribution in [0.15, 0.2) is 24.3 Å². The van der Waals surface area contributed by atoms with E-state index >= 15 is 0 Å². The molecule has 1 aromatic carbocycles. The van der Waals surface area contributed by atoms with E-state index in [0.29, 0.717) is 0 Å². The number of hydrogen-bond donors (Lipinski definition) is 0. The van der Waals surface area contributed by atoms with E-state index in [4.69, 9.17) is 0 Å². The summed E-state index contributed by atoms with van der Waals surface area (Å²) in [6, 6.07) is 6.50. The SMILES string of the molecule is F[B-](F)(F)COc1cccc(I)c1.[K+]. The third-order valence-corrected chi connectivity index (χ3v) is 1.91. The fourth-order valence-corrected chi connectivity index (χ4v) is 1.26. The predicted molar refractivity (Wildman–Crippen MR) is 53.7 cm³/mol. The third-order valence-electron chi connectivity index (χ3n) is 1.24. The molecule has 1 nitrogen and oxygen atoms in total. The van der Waals surface area contributed by atoms with Gasteiger partial charge in [-0.05, 0) is 40.8 Å². The number of ether oxygens (including phenoxy) is 1. The quantitative estimate of drug-likeness (QED) is 0.559. The second kappa shape index (κ2) is 6.74. The van der Waals surface area contributed by atoms with Crippen molar-refractivity contribution in [3.8, 4) is 5.75 Å². The molecule has 7 heteroatoms. The second-order valence-electron chi connectivity index (χ2n) is 2.48. The van der Waals surface area contributed by atoms with Crippen molar-refractivity contribution in [3.63, 3.8) is 0 Å². The Bertz CT molecular complexity index is 295. The molecule has 0 heterocycles. The van der Waals surface area contributed by atoms with Gasteiger partial charge in [-0.25, -0.2) is 0 Å². The molecule has 0 spiro atoms. The van der Waals surface area contributed by atoms with Crippen LogP contribution in [0.4, 0.5) is 12.9 Å². The summed E-state index contributed by atoms with van der Waals surface area (Å²) in [4.78, 5) is 0. The van der Waals surface area contributed by atoms with E-state index in [1.807, 2.05) is 22.6 Å². The van der Waals surface area contributed by atoms with E-state index in [2.05, 4.69) is 4.74 Å². The molecule has 0 fully saturated rings. The van der Waals surface area contributed by atoms with Crippen LogP contribution in [0.25, 0.3) is 0 Å². The van der Waals surface area contributed by atoms with Gasteiger partial charge in [-0.3, -0.25) is 0 Å². The van der Waals surface area contributed by atoms with E-state index in [1.54, 1.807) is 18.2 Å². The van der Waals surface area contributed by atoms with Crippen LogP contribution in [-0.2, 0) is 0 Å². The van der Waals surface area contributed by atoms with Crippen molar-refractivity contribution >= 4 is 29.6 Å². The minimum atomic E-state index is -4.86. The third kappa shape index (κ3) is 6.67. The maximum absolute atomic E-state index is 11.8. The fraction of sp³-hybridized carbons (Fsp3) is 0.143. The summed E-state index contributed by atoms with van der Waals surface area (Å²) in [6.07, 6.45) is 0. The first-order chi connectivity index (χ1) is 5.97. The van der Waals surface area contributed by atoms with Gasteiger partial charge in [-0.1, -0.05) is 6.07 Å². The molecule has 0 unspecified atom stereocenters. The summed E-state index contributed by atoms with van der Waals surface area (Å²) < 4.78 is 40.7. The van der Waals surface area contributed by atoms with Gasteiger partial charge in [0.1, 0.15) is 5.75 Å². The van der Waals surface area contributed by atoms with Crippen LogP contribution >= 0.6 is 22.6 Å². The molecule has 0 aliphatic rings. The molecule has 14 heavy (non-hydrogen) atoms. The minimum Gasteiger partial charge on any atom is -0.522 e. The Morgan fingerprint density at radius 3 is 2.43 bits per heavy atom. The summed E-state index contributed by atoms with van der Waals surface area (Å²) in [5.41, 5.74) is 0. The number of halogens is 4. The Hall–Kier alpha value is 1.24. The first kappa shape index (κ1) is 15.2. The van der Waals surface area contributed by atoms with Gasteiger partial charge in [0, 0.05) is 3.57 Å². The zero-order valence-electron chi connectivity index (χ0n) is 7.51. The van der Waals surface area contributed by atoms with Crippen LogP contribution in [0.1, 0.15) is 0 Å². The van der Waals surface area contributed by atoms with Gasteiger partial charge in [-0.15, -0.1) is 0 Å². The molecule has 0 amide bonds. The smallest absolute Gasteiger partial charge is 0.522 e. The van der Waals surface area contributed by atoms with E-state index in [1.165, 1.54) is 6.07 Å². The van der Waals surface area contributed by atoms with Crippen LogP contribution < -0.4 is 56.1 Å². The topological polar surface area (TPSA) is 9.23 Å². The molecule has 0 saturated heterocycles. The number of benzene rings is 1. The van der Waals surface area contributed by atoms with Gasteiger partial charge >= 0.3 is 58.4 Å². The van der Waals surface area contributed by atoms with Gasteiger partial charge in [0.15, 0.2) is 0 Å². The average molecular weight is 340 g/mol. The number of rotatable bonds is 3. The standard InChI is InChI=1S/C7H6BF3IO.K/c9-8(10,11)5-13-7-3-1-2-6(12)4-7;/h1-4H,5H2;/q-1;+1. The zero-order valence-corrected chi connectivity index (χ0v) is 12.8. The van der Waals surface area contributed by atoms with Crippen molar-refractivity contribution in [2.75, 3.05) is 6.51 Å². The van der Waals surface area contributed by atoms with Crippen LogP contribution in [0.2, 0.25) is 0 Å². The first-order valence-electron chi connectivity index (χ1n) is 3.57. The Kier molecular flexibility index (Phi) is 7.34. The van der Waals surface area contributed by atoms with E-state index in [-0.39, 0.29) is 57.1 Å². The Balaban J connectivity index is 0.00000169. The maximum Gasteiger partial charge on any atom is 1.00 e. The molecule has 0 aromatic heterocycles. The van der Waals surface area contributed by atoms with Gasteiger partial charge in [0.25, 0.3) is 0 Å². The second-order valence-corrected chi connectivity index (χ2v) is 3.72. The Morgan fingerprint density at radius 1 is 1.29 bits per heavy atom. The normalized spacial score (nSPS) is 10.6. The molecule has 0 saturated carbocycles. The summed E-state index contributed by atoms with van der Waals surface area (Å²) >= 11 is 2.01. The van der Waals surface area contributed by atoms with E-state index in [9.17, 15) is 12.9 Å². The van der Waals surface area contributed by atoms with Crippen molar-refractivity contribution in [3.05, 3.63) is 27.8 Å². The van der Waals surface area contributed by atoms with E-state index in [0.717, 1.165) is 3.57 Å². The van der Waals surface area contributed by atoms with Gasteiger partial charge in [-0.2, -0.15) is 0 Å². The predicted octanol–water partition coefficient (Wildman–Crippen LogP) is 0.0606. The maximum atomic E-state index is 11.8. The fourth-order valence-electron chi connectivity index (χ4n) is 0.747. The molecular weight excluding hydrogens is 334 g/mol. The molecule has 72 valence electrons. The summed E-state index contributed by atoms with van der Waals surface area (Å²) in [5, 5.41) is 0. The van der Waals surface area contributed by atoms with Crippen molar-refractivity contribution in [2.24, 2.45) is 0 Å². The molecule has 0 aliphatic heterocycles. The molecule has 0 atom stereocenters. The summed E-state index contributed by atoms with van der Waals surface area (Å²) in [7, 11) is 0. The first-order valence-corrected chi connectivity index (χ1v) is 4.64. The molecule has 0 N–H and O–H groups in total. The van der Waals surface area contributed by atoms with Crippen molar-refractivity contribution in [2.45, 2.75) is 0 Å². The van der Waals surface area contributed by atoms with Crippen LogP contribution in [0, 0.1) is 3.57 Å². The molecular formula is C7H6BF3IKO. The number of hydrogen-bond acceptors (Lipinski definition) is 1. The van der Waals surface area contributed by atoms with Crippen LogP contribution in [-0.4, -0.2) is 13.5 Å². The molecule has 1 aromatic rings. The minimum absolute atomic E-state index is 0. The monoisotopic (exact) mass is 340 g/mol. The Morgan fingerprint density at radius 2 is 1.93 bits per heavy atom. The molecule has 0 aliphatic carbocycles. The molecule has 1 rings (SSSR count). The largest absolute Gasteiger partial charge is 1.00 e. The van der Waals surface area contributed by atoms with Crippen molar-refractivity contribution in [1.82, 2.24) is 0 Å². The molecule has 0 radical (unpaired) electrons. The van der Waals surface area contributed by atoms with Crippen molar-refractivity contribution < 1.29 is 69.1 Å². The Labute approximate surface area is 136 Å². The molecule has 0 bridgehead atoms. The zero-order chi connectivity index (χ0) is 9.90. The summed E-state index contributed by atoms with van der Waals surface area (Å²) in [6.45, 7) is -6.04.